The van der Waals surface area contributed by atoms with Crippen molar-refractivity contribution in [3.63, 3.8) is 0 Å². The Morgan fingerprint density at radius 1 is 1.29 bits per heavy atom. The lowest BCUT2D eigenvalue weighted by atomic mass is 10.1. The van der Waals surface area contributed by atoms with Gasteiger partial charge in [-0.3, -0.25) is 4.79 Å². The molecule has 0 radical (unpaired) electrons. The van der Waals surface area contributed by atoms with E-state index in [1.165, 1.54) is 0 Å². The monoisotopic (exact) mass is 359 g/mol. The number of rotatable bonds is 2. The van der Waals surface area contributed by atoms with Crippen LogP contribution in [0.3, 0.4) is 0 Å². The molecule has 1 aromatic carbocycles. The first-order valence-electron chi connectivity index (χ1n) is 7.12. The minimum Gasteiger partial charge on any atom is -0.376 e. The highest BCUT2D eigenvalue weighted by atomic mass is 35.5. The average Bonchev–Trinajstić information content (AvgIpc) is 2.96. The summed E-state index contributed by atoms with van der Waals surface area (Å²) in [5.74, 6) is -1.35. The number of hydrogen-bond donors (Lipinski definition) is 1. The van der Waals surface area contributed by atoms with Gasteiger partial charge in [0.1, 0.15) is 0 Å². The number of halogens is 4. The molecule has 0 spiro atoms. The summed E-state index contributed by atoms with van der Waals surface area (Å²) in [6.07, 6.45) is -6.08. The van der Waals surface area contributed by atoms with Gasteiger partial charge in [-0.1, -0.05) is 11.6 Å². The van der Waals surface area contributed by atoms with Gasteiger partial charge >= 0.3 is 6.18 Å². The molecule has 0 saturated heterocycles. The Labute approximate surface area is 140 Å². The first-order valence-corrected chi connectivity index (χ1v) is 7.50. The third-order valence-electron chi connectivity index (χ3n) is 3.87. The van der Waals surface area contributed by atoms with Gasteiger partial charge in [0.15, 0.2) is 0 Å². The minimum atomic E-state index is -4.97. The third kappa shape index (κ3) is 3.11. The molecule has 0 fully saturated rings. The smallest absolute Gasteiger partial charge is 0.376 e. The van der Waals surface area contributed by atoms with E-state index in [1.54, 1.807) is 30.6 Å². The summed E-state index contributed by atoms with van der Waals surface area (Å²) >= 11 is 5.85. The molecule has 1 N–H and O–H groups in total. The Balaban J connectivity index is 1.81. The Hall–Kier alpha value is -2.06. The minimum absolute atomic E-state index is 0.0676. The van der Waals surface area contributed by atoms with Crippen molar-refractivity contribution in [2.45, 2.75) is 25.2 Å². The maximum Gasteiger partial charge on any atom is 0.423 e. The zero-order valence-corrected chi connectivity index (χ0v) is 13.1. The van der Waals surface area contributed by atoms with E-state index >= 15 is 0 Å². The molecule has 24 heavy (non-hydrogen) atoms. The molecule has 3 rings (SSSR count). The van der Waals surface area contributed by atoms with Crippen LogP contribution >= 0.6 is 11.6 Å². The van der Waals surface area contributed by atoms with Crippen LogP contribution in [-0.2, 0) is 17.8 Å². The molecular weight excluding hydrogens is 347 g/mol. The predicted molar refractivity (Wildman–Crippen MR) is 79.8 cm³/mol. The number of fused-ring (bicyclic) bond motifs is 1. The molecule has 2 heterocycles. The van der Waals surface area contributed by atoms with E-state index in [2.05, 4.69) is 4.98 Å². The first-order chi connectivity index (χ1) is 11.3. The quantitative estimate of drug-likeness (QED) is 0.895. The van der Waals surface area contributed by atoms with Crippen LogP contribution in [0, 0.1) is 0 Å². The second kappa shape index (κ2) is 6.10. The van der Waals surface area contributed by atoms with Crippen molar-refractivity contribution < 1.29 is 23.1 Å². The lowest BCUT2D eigenvalue weighted by Gasteiger charge is -2.29. The molecule has 1 aromatic heterocycles. The molecule has 9 heteroatoms. The number of aromatic nitrogens is 2. The molecular formula is C15H13ClF3N3O2. The van der Waals surface area contributed by atoms with Gasteiger partial charge in [0.05, 0.1) is 18.6 Å². The fraction of sp³-hybridized carbons (Fsp3) is 0.333. The summed E-state index contributed by atoms with van der Waals surface area (Å²) in [5.41, 5.74) is 2.16. The second-order valence-electron chi connectivity index (χ2n) is 5.44. The van der Waals surface area contributed by atoms with Crippen LogP contribution in [0.2, 0.25) is 5.02 Å². The highest BCUT2D eigenvalue weighted by molar-refractivity contribution is 6.30. The standard InChI is InChI=1S/C15H13ClF3N3O2/c16-9-1-3-10(4-2-9)22-8-20-11-7-21(6-5-12(11)22)14(24)13(23)15(17,18)19/h1-4,8,13,23H,5-7H2. The molecule has 2 aromatic rings. The van der Waals surface area contributed by atoms with Gasteiger partial charge in [-0.25, -0.2) is 4.98 Å². The molecule has 1 aliphatic heterocycles. The van der Waals surface area contributed by atoms with E-state index in [0.717, 1.165) is 16.3 Å². The Morgan fingerprint density at radius 2 is 1.96 bits per heavy atom. The van der Waals surface area contributed by atoms with Crippen molar-refractivity contribution in [3.05, 3.63) is 47.0 Å². The first kappa shape index (κ1) is 16.8. The molecule has 0 aliphatic carbocycles. The van der Waals surface area contributed by atoms with Gasteiger partial charge in [-0.2, -0.15) is 13.2 Å². The van der Waals surface area contributed by atoms with E-state index in [4.69, 9.17) is 16.7 Å². The van der Waals surface area contributed by atoms with Gasteiger partial charge in [0.25, 0.3) is 5.91 Å². The largest absolute Gasteiger partial charge is 0.423 e. The second-order valence-corrected chi connectivity index (χ2v) is 5.87. The van der Waals surface area contributed by atoms with Crippen LogP contribution in [-0.4, -0.2) is 44.3 Å². The fourth-order valence-corrected chi connectivity index (χ4v) is 2.76. The van der Waals surface area contributed by atoms with Crippen molar-refractivity contribution in [2.75, 3.05) is 6.54 Å². The van der Waals surface area contributed by atoms with Gasteiger partial charge in [-0.15, -0.1) is 0 Å². The summed E-state index contributed by atoms with van der Waals surface area (Å²) in [6, 6.07) is 7.05. The molecule has 1 atom stereocenters. The summed E-state index contributed by atoms with van der Waals surface area (Å²) in [7, 11) is 0. The van der Waals surface area contributed by atoms with Crippen LogP contribution in [0.5, 0.6) is 0 Å². The van der Waals surface area contributed by atoms with Crippen molar-refractivity contribution >= 4 is 17.5 Å². The number of benzene rings is 1. The summed E-state index contributed by atoms with van der Waals surface area (Å²) in [5, 5.41) is 9.70. The number of aliphatic hydroxyl groups excluding tert-OH is 1. The Kier molecular flexibility index (Phi) is 4.27. The van der Waals surface area contributed by atoms with E-state index in [1.807, 2.05) is 4.57 Å². The van der Waals surface area contributed by atoms with E-state index in [-0.39, 0.29) is 13.1 Å². The summed E-state index contributed by atoms with van der Waals surface area (Å²) < 4.78 is 39.3. The average molecular weight is 360 g/mol. The highest BCUT2D eigenvalue weighted by Gasteiger charge is 2.46. The topological polar surface area (TPSA) is 58.4 Å². The number of amides is 1. The number of alkyl halides is 3. The van der Waals surface area contributed by atoms with Gasteiger partial charge in [0.2, 0.25) is 6.10 Å². The third-order valence-corrected chi connectivity index (χ3v) is 4.12. The number of imidazole rings is 1. The summed E-state index contributed by atoms with van der Waals surface area (Å²) in [6.45, 7) is 0.0140. The van der Waals surface area contributed by atoms with Crippen LogP contribution < -0.4 is 0 Å². The zero-order valence-electron chi connectivity index (χ0n) is 12.3. The lowest BCUT2D eigenvalue weighted by molar-refractivity contribution is -0.211. The maximum atomic E-state index is 12.5. The SMILES string of the molecule is O=C(C(O)C(F)(F)F)N1CCc2c(ncn2-c2ccc(Cl)cc2)C1. The molecule has 1 amide bonds. The number of aliphatic hydroxyl groups is 1. The van der Waals surface area contributed by atoms with E-state index < -0.39 is 18.2 Å². The number of carbonyl (C=O) groups excluding carboxylic acids is 1. The van der Waals surface area contributed by atoms with Gasteiger partial charge < -0.3 is 14.6 Å². The molecule has 0 saturated carbocycles. The zero-order chi connectivity index (χ0) is 17.5. The maximum absolute atomic E-state index is 12.5. The van der Waals surface area contributed by atoms with Crippen molar-refractivity contribution in [3.8, 4) is 5.69 Å². The normalized spacial score (nSPS) is 16.0. The van der Waals surface area contributed by atoms with E-state index in [9.17, 15) is 18.0 Å². The van der Waals surface area contributed by atoms with Crippen LogP contribution in [0.15, 0.2) is 30.6 Å². The number of carbonyl (C=O) groups is 1. The van der Waals surface area contributed by atoms with Crippen LogP contribution in [0.1, 0.15) is 11.4 Å². The molecule has 1 unspecified atom stereocenters. The predicted octanol–water partition coefficient (Wildman–Crippen LogP) is 2.33. The molecule has 5 nitrogen and oxygen atoms in total. The molecule has 0 bridgehead atoms. The molecule has 1 aliphatic rings. The highest BCUT2D eigenvalue weighted by Crippen LogP contribution is 2.26. The number of hydrogen-bond acceptors (Lipinski definition) is 3. The lowest BCUT2D eigenvalue weighted by Crippen LogP contribution is -2.48. The van der Waals surface area contributed by atoms with Crippen LogP contribution in [0.25, 0.3) is 5.69 Å². The van der Waals surface area contributed by atoms with Crippen molar-refractivity contribution in [1.29, 1.82) is 0 Å². The van der Waals surface area contributed by atoms with E-state index in [0.29, 0.717) is 17.1 Å². The van der Waals surface area contributed by atoms with Gasteiger partial charge in [0, 0.05) is 29.4 Å². The van der Waals surface area contributed by atoms with Gasteiger partial charge in [-0.05, 0) is 24.3 Å². The Morgan fingerprint density at radius 3 is 2.58 bits per heavy atom. The van der Waals surface area contributed by atoms with Crippen molar-refractivity contribution in [1.82, 2.24) is 14.5 Å². The fourth-order valence-electron chi connectivity index (χ4n) is 2.63. The van der Waals surface area contributed by atoms with Crippen molar-refractivity contribution in [2.24, 2.45) is 0 Å². The molecule has 128 valence electrons. The van der Waals surface area contributed by atoms with Crippen LogP contribution in [0.4, 0.5) is 13.2 Å². The Bertz CT molecular complexity index is 758. The summed E-state index contributed by atoms with van der Waals surface area (Å²) in [4.78, 5) is 16.9. The number of nitrogens with zero attached hydrogens (tertiary/aromatic N) is 3.